The number of fused-ring (bicyclic) bond motifs is 1. The Bertz CT molecular complexity index is 768. The highest BCUT2D eigenvalue weighted by molar-refractivity contribution is 5.83. The molecule has 1 heterocycles. The highest BCUT2D eigenvalue weighted by Crippen LogP contribution is 2.39. The van der Waals surface area contributed by atoms with Gasteiger partial charge in [0.1, 0.15) is 0 Å². The number of rotatable bonds is 6. The van der Waals surface area contributed by atoms with Crippen molar-refractivity contribution < 1.29 is 0 Å². The van der Waals surface area contributed by atoms with Crippen LogP contribution in [0.3, 0.4) is 0 Å². The molecule has 0 aromatic heterocycles. The highest BCUT2D eigenvalue weighted by Gasteiger charge is 2.26. The van der Waals surface area contributed by atoms with E-state index in [1.165, 1.54) is 35.3 Å². The van der Waals surface area contributed by atoms with Gasteiger partial charge in [-0.05, 0) is 73.1 Å². The maximum atomic E-state index is 4.58. The average Bonchev–Trinajstić information content (AvgIpc) is 3.49. The van der Waals surface area contributed by atoms with E-state index in [4.69, 9.17) is 0 Å². The molecule has 3 nitrogen and oxygen atoms in total. The van der Waals surface area contributed by atoms with E-state index >= 15 is 0 Å². The van der Waals surface area contributed by atoms with E-state index in [0.717, 1.165) is 43.2 Å². The van der Waals surface area contributed by atoms with Crippen LogP contribution in [-0.2, 0) is 12.8 Å². The zero-order valence-corrected chi connectivity index (χ0v) is 15.3. The third-order valence-electron chi connectivity index (χ3n) is 5.21. The smallest absolute Gasteiger partial charge is 0.0878 e. The fourth-order valence-corrected chi connectivity index (χ4v) is 3.47. The molecule has 1 N–H and O–H groups in total. The van der Waals surface area contributed by atoms with Gasteiger partial charge < -0.3 is 10.2 Å². The molecular formula is C22H27N3. The Hall–Kier alpha value is -2.29. The van der Waals surface area contributed by atoms with Crippen LogP contribution in [0.25, 0.3) is 0 Å². The van der Waals surface area contributed by atoms with Crippen molar-refractivity contribution in [1.82, 2.24) is 0 Å². The van der Waals surface area contributed by atoms with Gasteiger partial charge >= 0.3 is 0 Å². The minimum atomic E-state index is 0.816. The molecule has 0 unspecified atom stereocenters. The van der Waals surface area contributed by atoms with Gasteiger partial charge in [-0.15, -0.1) is 0 Å². The minimum Gasteiger partial charge on any atom is -0.378 e. The Morgan fingerprint density at radius 2 is 1.76 bits per heavy atom. The van der Waals surface area contributed by atoms with E-state index < -0.39 is 0 Å². The first-order valence-corrected chi connectivity index (χ1v) is 9.57. The second-order valence-electron chi connectivity index (χ2n) is 7.16. The van der Waals surface area contributed by atoms with Gasteiger partial charge in [0.2, 0.25) is 0 Å². The van der Waals surface area contributed by atoms with Crippen LogP contribution >= 0.6 is 0 Å². The molecule has 1 saturated carbocycles. The van der Waals surface area contributed by atoms with Crippen LogP contribution in [0.4, 0.5) is 22.7 Å². The summed E-state index contributed by atoms with van der Waals surface area (Å²) in [6.45, 7) is 6.40. The summed E-state index contributed by atoms with van der Waals surface area (Å²) in [5.74, 6) is 0.827. The molecule has 2 aromatic carbocycles. The number of hydrogen-bond donors (Lipinski definition) is 1. The fourth-order valence-electron chi connectivity index (χ4n) is 3.47. The molecule has 0 amide bonds. The molecule has 2 aliphatic rings. The molecule has 2 aromatic rings. The predicted molar refractivity (Wildman–Crippen MR) is 108 cm³/mol. The molecule has 0 bridgehead atoms. The fraction of sp³-hybridized carbons (Fsp3) is 0.409. The third-order valence-corrected chi connectivity index (χ3v) is 5.21. The number of hydrogen-bond acceptors (Lipinski definition) is 3. The molecule has 1 aliphatic carbocycles. The molecule has 4 rings (SSSR count). The summed E-state index contributed by atoms with van der Waals surface area (Å²) in [6.07, 6.45) is 6.82. The van der Waals surface area contributed by atoms with Gasteiger partial charge in [-0.25, -0.2) is 0 Å². The zero-order chi connectivity index (χ0) is 17.2. The number of aliphatic imine (C=N–C) groups is 1. The van der Waals surface area contributed by atoms with Crippen LogP contribution in [0.15, 0.2) is 41.4 Å². The third kappa shape index (κ3) is 3.55. The number of anilines is 3. The lowest BCUT2D eigenvalue weighted by Crippen LogP contribution is -2.20. The largest absolute Gasteiger partial charge is 0.378 e. The van der Waals surface area contributed by atoms with E-state index in [1.54, 1.807) is 0 Å². The van der Waals surface area contributed by atoms with Crippen LogP contribution in [0, 0.1) is 5.92 Å². The molecule has 0 saturated heterocycles. The summed E-state index contributed by atoms with van der Waals surface area (Å²) >= 11 is 0. The summed E-state index contributed by atoms with van der Waals surface area (Å²) in [4.78, 5) is 7.08. The number of nitrogens with one attached hydrogen (secondary N) is 1. The van der Waals surface area contributed by atoms with Crippen LogP contribution < -0.4 is 10.2 Å². The summed E-state index contributed by atoms with van der Waals surface area (Å²) < 4.78 is 0. The predicted octanol–water partition coefficient (Wildman–Crippen LogP) is 5.49. The summed E-state index contributed by atoms with van der Waals surface area (Å²) in [7, 11) is 0. The first kappa shape index (κ1) is 16.2. The molecule has 0 radical (unpaired) electrons. The van der Waals surface area contributed by atoms with Crippen molar-refractivity contribution >= 4 is 29.0 Å². The van der Waals surface area contributed by atoms with Gasteiger partial charge in [0.25, 0.3) is 0 Å². The molecule has 1 aliphatic heterocycles. The lowest BCUT2D eigenvalue weighted by atomic mass is 10.0. The highest BCUT2D eigenvalue weighted by atomic mass is 15.1. The maximum absolute atomic E-state index is 4.58. The standard InChI is InChI=1S/C22H27N3/c1-3-16-11-17(4-2)13-20(12-16)25(15-18-5-6-18)19-7-8-21-22(14-19)24-10-9-23-21/h7-8,10-14,18,23H,3-6,9,15H2,1-2H3. The Balaban J connectivity index is 1.75. The summed E-state index contributed by atoms with van der Waals surface area (Å²) in [5, 5.41) is 3.39. The van der Waals surface area contributed by atoms with Crippen molar-refractivity contribution in [3.8, 4) is 0 Å². The Morgan fingerprint density at radius 3 is 2.44 bits per heavy atom. The van der Waals surface area contributed by atoms with E-state index in [9.17, 15) is 0 Å². The van der Waals surface area contributed by atoms with Gasteiger partial charge in [-0.1, -0.05) is 19.9 Å². The van der Waals surface area contributed by atoms with Crippen LogP contribution in [0.5, 0.6) is 0 Å². The molecule has 25 heavy (non-hydrogen) atoms. The Kier molecular flexibility index (Phi) is 4.48. The van der Waals surface area contributed by atoms with E-state index in [1.807, 2.05) is 6.21 Å². The SMILES string of the molecule is CCc1cc(CC)cc(N(CC2CC2)c2ccc3c(c2)N=CCN3)c1. The Morgan fingerprint density at radius 1 is 1.00 bits per heavy atom. The molecule has 0 atom stereocenters. The van der Waals surface area contributed by atoms with Gasteiger partial charge in [0.05, 0.1) is 17.9 Å². The second-order valence-corrected chi connectivity index (χ2v) is 7.16. The van der Waals surface area contributed by atoms with Crippen molar-refractivity contribution in [2.24, 2.45) is 10.9 Å². The van der Waals surface area contributed by atoms with Crippen molar-refractivity contribution in [1.29, 1.82) is 0 Å². The van der Waals surface area contributed by atoms with E-state index in [2.05, 4.69) is 65.5 Å². The molecule has 3 heteroatoms. The van der Waals surface area contributed by atoms with E-state index in [0.29, 0.717) is 0 Å². The van der Waals surface area contributed by atoms with Crippen molar-refractivity contribution in [2.75, 3.05) is 23.3 Å². The minimum absolute atomic E-state index is 0.816. The van der Waals surface area contributed by atoms with Crippen molar-refractivity contribution in [2.45, 2.75) is 39.5 Å². The van der Waals surface area contributed by atoms with Gasteiger partial charge in [0.15, 0.2) is 0 Å². The quantitative estimate of drug-likeness (QED) is 0.757. The van der Waals surface area contributed by atoms with Crippen LogP contribution in [0.1, 0.15) is 37.8 Å². The molecule has 1 fully saturated rings. The average molecular weight is 333 g/mol. The number of aryl methyl sites for hydroxylation is 2. The topological polar surface area (TPSA) is 27.6 Å². The first-order valence-electron chi connectivity index (χ1n) is 9.57. The van der Waals surface area contributed by atoms with Gasteiger partial charge in [-0.2, -0.15) is 0 Å². The molecule has 0 spiro atoms. The van der Waals surface area contributed by atoms with Gasteiger partial charge in [-0.3, -0.25) is 4.99 Å². The zero-order valence-electron chi connectivity index (χ0n) is 15.3. The monoisotopic (exact) mass is 333 g/mol. The van der Waals surface area contributed by atoms with E-state index in [-0.39, 0.29) is 0 Å². The second kappa shape index (κ2) is 6.91. The normalized spacial score (nSPS) is 15.6. The Labute approximate surface area is 150 Å². The maximum Gasteiger partial charge on any atom is 0.0878 e. The number of benzene rings is 2. The first-order chi connectivity index (χ1) is 12.3. The lowest BCUT2D eigenvalue weighted by molar-refractivity contribution is 0.812. The van der Waals surface area contributed by atoms with Crippen molar-refractivity contribution in [3.63, 3.8) is 0 Å². The molecular weight excluding hydrogens is 306 g/mol. The van der Waals surface area contributed by atoms with Crippen molar-refractivity contribution in [3.05, 3.63) is 47.5 Å². The summed E-state index contributed by atoms with van der Waals surface area (Å²) in [6, 6.07) is 13.7. The van der Waals surface area contributed by atoms with Gasteiger partial charge in [0, 0.05) is 24.1 Å². The molecule has 130 valence electrons. The van der Waals surface area contributed by atoms with Crippen LogP contribution in [0.2, 0.25) is 0 Å². The summed E-state index contributed by atoms with van der Waals surface area (Å²) in [5.41, 5.74) is 7.61. The number of nitrogens with zero attached hydrogens (tertiary/aromatic N) is 2. The lowest BCUT2D eigenvalue weighted by Gasteiger charge is -2.27. The van der Waals surface area contributed by atoms with Crippen LogP contribution in [-0.4, -0.2) is 19.3 Å².